The van der Waals surface area contributed by atoms with Crippen LogP contribution in [0.1, 0.15) is 24.7 Å². The van der Waals surface area contributed by atoms with E-state index in [0.717, 1.165) is 6.54 Å². The molecule has 1 heterocycles. The summed E-state index contributed by atoms with van der Waals surface area (Å²) < 4.78 is 4.96. The highest BCUT2D eigenvalue weighted by Gasteiger charge is 2.19. The zero-order chi connectivity index (χ0) is 11.4. The first-order valence-electron chi connectivity index (χ1n) is 4.91. The fourth-order valence-corrected chi connectivity index (χ4v) is 1.03. The van der Waals surface area contributed by atoms with Crippen LogP contribution in [0.5, 0.6) is 0 Å². The highest BCUT2D eigenvalue weighted by molar-refractivity contribution is 4.94. The summed E-state index contributed by atoms with van der Waals surface area (Å²) in [6.07, 6.45) is 0.0235. The normalized spacial score (nSPS) is 15.6. The van der Waals surface area contributed by atoms with Gasteiger partial charge in [-0.2, -0.15) is 4.98 Å². The third kappa shape index (κ3) is 3.58. The van der Waals surface area contributed by atoms with Crippen molar-refractivity contribution in [3.63, 3.8) is 0 Å². The molecule has 0 amide bonds. The maximum absolute atomic E-state index is 9.24. The van der Waals surface area contributed by atoms with E-state index in [0.29, 0.717) is 18.1 Å². The average molecular weight is 214 g/mol. The van der Waals surface area contributed by atoms with Crippen LogP contribution in [0.3, 0.4) is 0 Å². The van der Waals surface area contributed by atoms with Gasteiger partial charge in [0.15, 0.2) is 5.82 Å². The number of hydrogen-bond acceptors (Lipinski definition) is 6. The first kappa shape index (κ1) is 12.1. The summed E-state index contributed by atoms with van der Waals surface area (Å²) >= 11 is 0. The molecule has 1 aromatic heterocycles. The van der Waals surface area contributed by atoms with Crippen molar-refractivity contribution in [1.29, 1.82) is 0 Å². The lowest BCUT2D eigenvalue weighted by Gasteiger charge is -2.08. The van der Waals surface area contributed by atoms with Crippen LogP contribution in [0.2, 0.25) is 0 Å². The largest absolute Gasteiger partial charge is 0.391 e. The molecule has 1 aromatic rings. The van der Waals surface area contributed by atoms with E-state index in [9.17, 15) is 5.11 Å². The molecule has 3 N–H and O–H groups in total. The Balaban J connectivity index is 2.56. The fraction of sp³-hybridized carbons (Fsp3) is 0.778. The summed E-state index contributed by atoms with van der Waals surface area (Å²) in [5.41, 5.74) is 5.65. The van der Waals surface area contributed by atoms with Gasteiger partial charge in [0.2, 0.25) is 5.89 Å². The smallest absolute Gasteiger partial charge is 0.246 e. The lowest BCUT2D eigenvalue weighted by atomic mass is 10.2. The van der Waals surface area contributed by atoms with Crippen LogP contribution in [0.15, 0.2) is 4.52 Å². The molecule has 0 saturated carbocycles. The Morgan fingerprint density at radius 2 is 2.20 bits per heavy atom. The summed E-state index contributed by atoms with van der Waals surface area (Å²) in [6, 6.07) is -0.606. The van der Waals surface area contributed by atoms with E-state index in [1.54, 1.807) is 6.92 Å². The molecule has 0 bridgehead atoms. The van der Waals surface area contributed by atoms with E-state index >= 15 is 0 Å². The van der Waals surface area contributed by atoms with Crippen LogP contribution < -0.4 is 5.73 Å². The second kappa shape index (κ2) is 5.20. The number of aliphatic hydroxyl groups is 1. The Labute approximate surface area is 89.1 Å². The fourth-order valence-electron chi connectivity index (χ4n) is 1.03. The number of rotatable bonds is 5. The Morgan fingerprint density at radius 3 is 2.73 bits per heavy atom. The number of aliphatic hydroxyl groups excluding tert-OH is 1. The number of aromatic nitrogens is 2. The quantitative estimate of drug-likeness (QED) is 0.690. The van der Waals surface area contributed by atoms with Gasteiger partial charge in [-0.25, -0.2) is 0 Å². The number of likely N-dealkylation sites (N-methyl/N-ethyl adjacent to an activating group) is 1. The van der Waals surface area contributed by atoms with Crippen molar-refractivity contribution in [3.05, 3.63) is 11.7 Å². The third-order valence-corrected chi connectivity index (χ3v) is 2.07. The summed E-state index contributed by atoms with van der Waals surface area (Å²) in [5.74, 6) is 0.911. The minimum Gasteiger partial charge on any atom is -0.391 e. The van der Waals surface area contributed by atoms with E-state index < -0.39 is 12.1 Å². The molecule has 2 unspecified atom stereocenters. The molecular formula is C9H18N4O2. The topological polar surface area (TPSA) is 88.4 Å². The van der Waals surface area contributed by atoms with Crippen molar-refractivity contribution >= 4 is 0 Å². The standard InChI is InChI=1S/C9H18N4O2/c1-6(14)8(10)9-11-7(12-15-9)4-5-13(2)3/h6,8,14H,4-5,10H2,1-3H3. The summed E-state index contributed by atoms with van der Waals surface area (Å²) in [5, 5.41) is 13.0. The van der Waals surface area contributed by atoms with Crippen LogP contribution in [-0.2, 0) is 6.42 Å². The SMILES string of the molecule is CC(O)C(N)c1nc(CCN(C)C)no1. The van der Waals surface area contributed by atoms with E-state index in [2.05, 4.69) is 10.1 Å². The second-order valence-electron chi connectivity index (χ2n) is 3.87. The van der Waals surface area contributed by atoms with Crippen LogP contribution in [-0.4, -0.2) is 46.9 Å². The molecule has 0 aliphatic carbocycles. The maximum atomic E-state index is 9.24. The van der Waals surface area contributed by atoms with Crippen LogP contribution in [0.25, 0.3) is 0 Å². The summed E-state index contributed by atoms with van der Waals surface area (Å²) in [7, 11) is 3.95. The van der Waals surface area contributed by atoms with Crippen LogP contribution in [0.4, 0.5) is 0 Å². The summed E-state index contributed by atoms with van der Waals surface area (Å²) in [4.78, 5) is 6.15. The minimum absolute atomic E-state index is 0.291. The predicted octanol–water partition coefficient (Wildman–Crippen LogP) is -0.446. The van der Waals surface area contributed by atoms with Gasteiger partial charge in [0.25, 0.3) is 0 Å². The van der Waals surface area contributed by atoms with Gasteiger partial charge in [-0.1, -0.05) is 5.16 Å². The van der Waals surface area contributed by atoms with E-state index in [-0.39, 0.29) is 0 Å². The number of nitrogens with two attached hydrogens (primary N) is 1. The Morgan fingerprint density at radius 1 is 1.53 bits per heavy atom. The van der Waals surface area contributed by atoms with Crippen LogP contribution >= 0.6 is 0 Å². The van der Waals surface area contributed by atoms with Gasteiger partial charge in [0.05, 0.1) is 6.10 Å². The molecule has 0 aliphatic rings. The second-order valence-corrected chi connectivity index (χ2v) is 3.87. The number of hydrogen-bond donors (Lipinski definition) is 2. The molecule has 2 atom stereocenters. The number of nitrogens with zero attached hydrogens (tertiary/aromatic N) is 3. The zero-order valence-corrected chi connectivity index (χ0v) is 9.34. The predicted molar refractivity (Wildman–Crippen MR) is 55.2 cm³/mol. The van der Waals surface area contributed by atoms with Gasteiger partial charge in [-0.15, -0.1) is 0 Å². The lowest BCUT2D eigenvalue weighted by molar-refractivity contribution is 0.146. The van der Waals surface area contributed by atoms with Gasteiger partial charge < -0.3 is 20.3 Å². The molecular weight excluding hydrogens is 196 g/mol. The van der Waals surface area contributed by atoms with Crippen molar-refractivity contribution < 1.29 is 9.63 Å². The van der Waals surface area contributed by atoms with Crippen molar-refractivity contribution in [3.8, 4) is 0 Å². The van der Waals surface area contributed by atoms with Gasteiger partial charge in [-0.3, -0.25) is 0 Å². The minimum atomic E-state index is -0.688. The van der Waals surface area contributed by atoms with Gasteiger partial charge in [0.1, 0.15) is 6.04 Å². The first-order valence-corrected chi connectivity index (χ1v) is 4.91. The average Bonchev–Trinajstić information content (AvgIpc) is 2.61. The van der Waals surface area contributed by atoms with Crippen LogP contribution in [0, 0.1) is 0 Å². The molecule has 1 rings (SSSR count). The van der Waals surface area contributed by atoms with Crippen molar-refractivity contribution in [1.82, 2.24) is 15.0 Å². The first-order chi connectivity index (χ1) is 7.00. The molecule has 6 nitrogen and oxygen atoms in total. The van der Waals surface area contributed by atoms with E-state index in [4.69, 9.17) is 10.3 Å². The summed E-state index contributed by atoms with van der Waals surface area (Å²) in [6.45, 7) is 2.44. The molecule has 0 aliphatic heterocycles. The molecule has 0 radical (unpaired) electrons. The monoisotopic (exact) mass is 214 g/mol. The van der Waals surface area contributed by atoms with E-state index in [1.807, 2.05) is 19.0 Å². The molecule has 0 saturated heterocycles. The zero-order valence-electron chi connectivity index (χ0n) is 9.34. The molecule has 0 spiro atoms. The third-order valence-electron chi connectivity index (χ3n) is 2.07. The molecule has 15 heavy (non-hydrogen) atoms. The van der Waals surface area contributed by atoms with E-state index in [1.165, 1.54) is 0 Å². The Bertz CT molecular complexity index is 298. The maximum Gasteiger partial charge on any atom is 0.246 e. The molecule has 86 valence electrons. The highest BCUT2D eigenvalue weighted by Crippen LogP contribution is 2.11. The Kier molecular flexibility index (Phi) is 4.19. The van der Waals surface area contributed by atoms with Gasteiger partial charge in [0, 0.05) is 13.0 Å². The molecule has 6 heteroatoms. The molecule has 0 aromatic carbocycles. The Hall–Kier alpha value is -0.980. The van der Waals surface area contributed by atoms with Gasteiger partial charge in [-0.05, 0) is 21.0 Å². The van der Waals surface area contributed by atoms with Crippen molar-refractivity contribution in [2.45, 2.75) is 25.5 Å². The highest BCUT2D eigenvalue weighted by atomic mass is 16.5. The van der Waals surface area contributed by atoms with Crippen molar-refractivity contribution in [2.24, 2.45) is 5.73 Å². The lowest BCUT2D eigenvalue weighted by Crippen LogP contribution is -2.23. The van der Waals surface area contributed by atoms with Gasteiger partial charge >= 0.3 is 0 Å². The van der Waals surface area contributed by atoms with Crippen molar-refractivity contribution in [2.75, 3.05) is 20.6 Å². The molecule has 0 fully saturated rings.